The van der Waals surface area contributed by atoms with Crippen LogP contribution in [0.15, 0.2) is 47.2 Å². The molecule has 0 spiro atoms. The van der Waals surface area contributed by atoms with Crippen LogP contribution in [0.25, 0.3) is 11.1 Å². The molecular weight excluding hydrogens is 304 g/mol. The summed E-state index contributed by atoms with van der Waals surface area (Å²) in [5.74, 6) is -0.356. The Morgan fingerprint density at radius 1 is 1.22 bits per heavy atom. The molecule has 0 atom stereocenters. The van der Waals surface area contributed by atoms with Crippen molar-refractivity contribution in [2.45, 2.75) is 26.8 Å². The summed E-state index contributed by atoms with van der Waals surface area (Å²) in [6, 6.07) is 12.3. The Hall–Kier alpha value is -2.33. The zero-order valence-electron chi connectivity index (χ0n) is 13.4. The molecule has 1 aromatic carbocycles. The smallest absolute Gasteiger partial charge is 0.251 e. The third-order valence-corrected chi connectivity index (χ3v) is 4.89. The van der Waals surface area contributed by atoms with Crippen molar-refractivity contribution in [2.24, 2.45) is 5.73 Å². The minimum atomic E-state index is -0.356. The van der Waals surface area contributed by atoms with E-state index in [9.17, 15) is 4.79 Å². The van der Waals surface area contributed by atoms with Gasteiger partial charge in [0.15, 0.2) is 0 Å². The number of rotatable bonds is 5. The van der Waals surface area contributed by atoms with E-state index in [1.54, 1.807) is 11.3 Å². The molecule has 0 bridgehead atoms. The zero-order chi connectivity index (χ0) is 16.4. The maximum Gasteiger partial charge on any atom is 0.251 e. The lowest BCUT2D eigenvalue weighted by molar-refractivity contribution is 0.1000. The van der Waals surface area contributed by atoms with Crippen LogP contribution >= 0.6 is 11.3 Å². The summed E-state index contributed by atoms with van der Waals surface area (Å²) in [5.41, 5.74) is 11.8. The van der Waals surface area contributed by atoms with Gasteiger partial charge >= 0.3 is 0 Å². The molecule has 3 rings (SSSR count). The fraction of sp³-hybridized carbons (Fsp3) is 0.211. The summed E-state index contributed by atoms with van der Waals surface area (Å²) < 4.78 is 2.22. The number of amides is 1. The van der Waals surface area contributed by atoms with Crippen LogP contribution in [0.2, 0.25) is 0 Å². The van der Waals surface area contributed by atoms with Gasteiger partial charge in [-0.15, -0.1) is 0 Å². The Morgan fingerprint density at radius 2 is 1.96 bits per heavy atom. The largest absolute Gasteiger partial charge is 0.366 e. The molecule has 2 heterocycles. The first-order valence-corrected chi connectivity index (χ1v) is 8.66. The van der Waals surface area contributed by atoms with E-state index >= 15 is 0 Å². The van der Waals surface area contributed by atoms with Crippen LogP contribution in [0.5, 0.6) is 0 Å². The molecule has 0 radical (unpaired) electrons. The maximum atomic E-state index is 12.1. The summed E-state index contributed by atoms with van der Waals surface area (Å²) >= 11 is 1.63. The standard InChI is InChI=1S/C19H20N2OS/c1-3-16-18(15-9-10-23-12-15)17(19(20)22)13(2)21(16)11-14-7-5-4-6-8-14/h4-10,12H,3,11H2,1-2H3,(H2,20,22). The van der Waals surface area contributed by atoms with Crippen LogP contribution in [0.3, 0.4) is 0 Å². The minimum absolute atomic E-state index is 0.356. The van der Waals surface area contributed by atoms with Crippen LogP contribution in [0.1, 0.15) is 34.2 Å². The van der Waals surface area contributed by atoms with Crippen molar-refractivity contribution in [2.75, 3.05) is 0 Å². The molecule has 0 saturated carbocycles. The number of hydrogen-bond acceptors (Lipinski definition) is 2. The number of hydrogen-bond donors (Lipinski definition) is 1. The monoisotopic (exact) mass is 324 g/mol. The highest BCUT2D eigenvalue weighted by molar-refractivity contribution is 7.08. The molecule has 0 aliphatic rings. The summed E-state index contributed by atoms with van der Waals surface area (Å²) in [7, 11) is 0. The Labute approximate surface area is 140 Å². The van der Waals surface area contributed by atoms with Gasteiger partial charge in [0, 0.05) is 23.5 Å². The Kier molecular flexibility index (Phi) is 4.35. The van der Waals surface area contributed by atoms with Crippen LogP contribution in [-0.4, -0.2) is 10.5 Å². The normalized spacial score (nSPS) is 10.9. The number of primary amides is 1. The van der Waals surface area contributed by atoms with Gasteiger partial charge in [0.1, 0.15) is 0 Å². The van der Waals surface area contributed by atoms with E-state index in [-0.39, 0.29) is 5.91 Å². The molecule has 2 aromatic heterocycles. The highest BCUT2D eigenvalue weighted by Crippen LogP contribution is 2.34. The molecule has 3 aromatic rings. The quantitative estimate of drug-likeness (QED) is 0.750. The van der Waals surface area contributed by atoms with E-state index in [2.05, 4.69) is 35.1 Å². The first-order valence-electron chi connectivity index (χ1n) is 7.71. The molecule has 0 saturated heterocycles. The second-order valence-electron chi connectivity index (χ2n) is 5.58. The van der Waals surface area contributed by atoms with Gasteiger partial charge in [0.05, 0.1) is 5.56 Å². The lowest BCUT2D eigenvalue weighted by Gasteiger charge is -2.11. The highest BCUT2D eigenvalue weighted by atomic mass is 32.1. The van der Waals surface area contributed by atoms with E-state index in [4.69, 9.17) is 5.73 Å². The molecule has 0 aliphatic heterocycles. The van der Waals surface area contributed by atoms with Gasteiger partial charge in [-0.2, -0.15) is 11.3 Å². The van der Waals surface area contributed by atoms with Crippen LogP contribution in [0.4, 0.5) is 0 Å². The van der Waals surface area contributed by atoms with Crippen LogP contribution < -0.4 is 5.73 Å². The van der Waals surface area contributed by atoms with Gasteiger partial charge < -0.3 is 10.3 Å². The van der Waals surface area contributed by atoms with E-state index in [0.717, 1.165) is 29.8 Å². The van der Waals surface area contributed by atoms with Crippen molar-refractivity contribution in [3.8, 4) is 11.1 Å². The average Bonchev–Trinajstić information content (AvgIpc) is 3.15. The maximum absolute atomic E-state index is 12.1. The summed E-state index contributed by atoms with van der Waals surface area (Å²) in [5, 5.41) is 4.11. The van der Waals surface area contributed by atoms with Gasteiger partial charge in [-0.3, -0.25) is 4.79 Å². The van der Waals surface area contributed by atoms with Crippen molar-refractivity contribution in [1.82, 2.24) is 4.57 Å². The van der Waals surface area contributed by atoms with Gasteiger partial charge in [-0.05, 0) is 41.3 Å². The SMILES string of the molecule is CCc1c(-c2ccsc2)c(C(N)=O)c(C)n1Cc1ccccc1. The molecule has 2 N–H and O–H groups in total. The van der Waals surface area contributed by atoms with Crippen molar-refractivity contribution in [1.29, 1.82) is 0 Å². The Morgan fingerprint density at radius 3 is 2.52 bits per heavy atom. The molecule has 23 heavy (non-hydrogen) atoms. The molecular formula is C19H20N2OS. The number of benzene rings is 1. The van der Waals surface area contributed by atoms with Crippen molar-refractivity contribution >= 4 is 17.2 Å². The number of thiophene rings is 1. The van der Waals surface area contributed by atoms with E-state index < -0.39 is 0 Å². The molecule has 0 aliphatic carbocycles. The third kappa shape index (κ3) is 2.82. The lowest BCUT2D eigenvalue weighted by atomic mass is 10.0. The topological polar surface area (TPSA) is 48.0 Å². The first-order chi connectivity index (χ1) is 11.1. The lowest BCUT2D eigenvalue weighted by Crippen LogP contribution is -2.13. The predicted octanol–water partition coefficient (Wildman–Crippen LogP) is 4.23. The molecule has 0 fully saturated rings. The van der Waals surface area contributed by atoms with E-state index in [1.807, 2.05) is 30.5 Å². The zero-order valence-corrected chi connectivity index (χ0v) is 14.2. The van der Waals surface area contributed by atoms with Crippen molar-refractivity contribution in [3.05, 3.63) is 69.7 Å². The fourth-order valence-electron chi connectivity index (χ4n) is 3.16. The average molecular weight is 324 g/mol. The van der Waals surface area contributed by atoms with Gasteiger partial charge in [-0.1, -0.05) is 37.3 Å². The molecule has 3 nitrogen and oxygen atoms in total. The third-order valence-electron chi connectivity index (χ3n) is 4.21. The predicted molar refractivity (Wildman–Crippen MR) is 95.9 cm³/mol. The Balaban J connectivity index is 2.20. The second-order valence-corrected chi connectivity index (χ2v) is 6.36. The van der Waals surface area contributed by atoms with Crippen molar-refractivity contribution < 1.29 is 4.79 Å². The molecule has 0 unspecified atom stereocenters. The number of nitrogens with two attached hydrogens (primary N) is 1. The molecule has 1 amide bonds. The Bertz CT molecular complexity index is 817. The number of aromatic nitrogens is 1. The van der Waals surface area contributed by atoms with Crippen LogP contribution in [-0.2, 0) is 13.0 Å². The number of carbonyl (C=O) groups is 1. The molecule has 4 heteroatoms. The van der Waals surface area contributed by atoms with E-state index in [0.29, 0.717) is 5.56 Å². The number of carbonyl (C=O) groups excluding carboxylic acids is 1. The summed E-state index contributed by atoms with van der Waals surface area (Å²) in [6.07, 6.45) is 0.853. The molecule has 118 valence electrons. The van der Waals surface area contributed by atoms with Crippen LogP contribution in [0, 0.1) is 6.92 Å². The number of nitrogens with zero attached hydrogens (tertiary/aromatic N) is 1. The van der Waals surface area contributed by atoms with Crippen molar-refractivity contribution in [3.63, 3.8) is 0 Å². The van der Waals surface area contributed by atoms with E-state index in [1.165, 1.54) is 11.3 Å². The summed E-state index contributed by atoms with van der Waals surface area (Å²) in [6.45, 7) is 4.86. The van der Waals surface area contributed by atoms with Gasteiger partial charge in [0.25, 0.3) is 5.91 Å². The minimum Gasteiger partial charge on any atom is -0.366 e. The van der Waals surface area contributed by atoms with Gasteiger partial charge in [0.2, 0.25) is 0 Å². The summed E-state index contributed by atoms with van der Waals surface area (Å²) in [4.78, 5) is 12.1. The van der Waals surface area contributed by atoms with Gasteiger partial charge in [-0.25, -0.2) is 0 Å². The first kappa shape index (κ1) is 15.6. The highest BCUT2D eigenvalue weighted by Gasteiger charge is 2.24. The fourth-order valence-corrected chi connectivity index (χ4v) is 3.81. The second kappa shape index (κ2) is 6.42.